The van der Waals surface area contributed by atoms with Crippen LogP contribution in [0, 0.1) is 0 Å². The zero-order chi connectivity index (χ0) is 14.0. The Kier molecular flexibility index (Phi) is 3.90. The Bertz CT molecular complexity index is 570. The molecule has 3 heteroatoms. The van der Waals surface area contributed by atoms with Crippen molar-refractivity contribution in [3.8, 4) is 0 Å². The molecule has 1 N–H and O–H groups in total. The van der Waals surface area contributed by atoms with Gasteiger partial charge in [-0.2, -0.15) is 0 Å². The maximum absolute atomic E-state index is 4.97. The first-order chi connectivity index (χ1) is 9.80. The molecule has 0 saturated heterocycles. The molecule has 20 heavy (non-hydrogen) atoms. The van der Waals surface area contributed by atoms with Gasteiger partial charge >= 0.3 is 0 Å². The lowest BCUT2D eigenvalue weighted by Crippen LogP contribution is -2.11. The molecule has 1 saturated carbocycles. The normalized spacial score (nSPS) is 16.3. The van der Waals surface area contributed by atoms with Gasteiger partial charge in [-0.15, -0.1) is 11.3 Å². The average molecular weight is 286 g/mol. The lowest BCUT2D eigenvalue weighted by atomic mass is 9.97. The van der Waals surface area contributed by atoms with Crippen LogP contribution in [-0.2, 0) is 18.4 Å². The number of nitrogens with one attached hydrogen (secondary N) is 1. The Hall–Kier alpha value is -1.19. The minimum Gasteiger partial charge on any atom is -0.312 e. The van der Waals surface area contributed by atoms with Crippen LogP contribution in [0.25, 0.3) is 0 Å². The van der Waals surface area contributed by atoms with E-state index in [2.05, 4.69) is 49.5 Å². The highest BCUT2D eigenvalue weighted by Gasteiger charge is 2.48. The molecule has 1 fully saturated rings. The van der Waals surface area contributed by atoms with Crippen molar-refractivity contribution in [3.05, 3.63) is 51.5 Å². The molecule has 1 heterocycles. The molecule has 1 aromatic heterocycles. The zero-order valence-electron chi connectivity index (χ0n) is 12.3. The van der Waals surface area contributed by atoms with Gasteiger partial charge in [0.15, 0.2) is 0 Å². The second-order valence-electron chi connectivity index (χ2n) is 5.47. The van der Waals surface area contributed by atoms with Crippen LogP contribution >= 0.6 is 11.3 Å². The number of nitrogens with zero attached hydrogens (tertiary/aromatic N) is 1. The van der Waals surface area contributed by atoms with E-state index in [0.717, 1.165) is 19.5 Å². The third kappa shape index (κ3) is 2.40. The van der Waals surface area contributed by atoms with Crippen molar-refractivity contribution in [2.24, 2.45) is 0 Å². The van der Waals surface area contributed by atoms with E-state index in [-0.39, 0.29) is 5.41 Å². The molecular weight excluding hydrogens is 264 g/mol. The topological polar surface area (TPSA) is 24.9 Å². The predicted molar refractivity (Wildman–Crippen MR) is 85.3 cm³/mol. The zero-order valence-corrected chi connectivity index (χ0v) is 13.1. The minimum atomic E-state index is 0.223. The van der Waals surface area contributed by atoms with Crippen LogP contribution in [0.15, 0.2) is 30.3 Å². The van der Waals surface area contributed by atoms with E-state index in [0.29, 0.717) is 0 Å². The first-order valence-electron chi connectivity index (χ1n) is 7.55. The average Bonchev–Trinajstić information content (AvgIpc) is 3.21. The highest BCUT2D eigenvalue weighted by Crippen LogP contribution is 2.54. The molecular formula is C17H22N2S. The second kappa shape index (κ2) is 5.66. The number of hydrogen-bond donors (Lipinski definition) is 1. The number of thiazole rings is 1. The van der Waals surface area contributed by atoms with Gasteiger partial charge in [0.2, 0.25) is 0 Å². The summed E-state index contributed by atoms with van der Waals surface area (Å²) in [5, 5.41) is 4.76. The number of aromatic nitrogens is 1. The van der Waals surface area contributed by atoms with Gasteiger partial charge in [0, 0.05) is 16.8 Å². The summed E-state index contributed by atoms with van der Waals surface area (Å²) in [6.45, 7) is 6.33. The summed E-state index contributed by atoms with van der Waals surface area (Å²) < 4.78 is 0. The van der Waals surface area contributed by atoms with E-state index >= 15 is 0 Å². The van der Waals surface area contributed by atoms with E-state index < -0.39 is 0 Å². The molecule has 3 rings (SSSR count). The summed E-state index contributed by atoms with van der Waals surface area (Å²) in [4.78, 5) is 6.39. The molecule has 0 spiro atoms. The SMILES string of the molecule is CCNCc1sc(C2(c3ccccc3)CC2)nc1CC. The fourth-order valence-electron chi connectivity index (χ4n) is 2.75. The summed E-state index contributed by atoms with van der Waals surface area (Å²) in [7, 11) is 0. The van der Waals surface area contributed by atoms with Gasteiger partial charge in [0.1, 0.15) is 5.01 Å². The minimum absolute atomic E-state index is 0.223. The van der Waals surface area contributed by atoms with Crippen molar-refractivity contribution in [2.75, 3.05) is 6.54 Å². The van der Waals surface area contributed by atoms with E-state index in [1.165, 1.54) is 34.0 Å². The number of hydrogen-bond acceptors (Lipinski definition) is 3. The molecule has 2 nitrogen and oxygen atoms in total. The Morgan fingerprint density at radius 3 is 2.55 bits per heavy atom. The molecule has 0 atom stereocenters. The van der Waals surface area contributed by atoms with Gasteiger partial charge in [-0.25, -0.2) is 4.98 Å². The maximum Gasteiger partial charge on any atom is 0.104 e. The van der Waals surface area contributed by atoms with Gasteiger partial charge in [-0.3, -0.25) is 0 Å². The fraction of sp³-hybridized carbons (Fsp3) is 0.471. The standard InChI is InChI=1S/C17H22N2S/c1-3-14-15(12-18-4-2)20-16(19-14)17(10-11-17)13-8-6-5-7-9-13/h5-9,18H,3-4,10-12H2,1-2H3. The quantitative estimate of drug-likeness (QED) is 0.871. The van der Waals surface area contributed by atoms with Gasteiger partial charge in [-0.1, -0.05) is 44.2 Å². The van der Waals surface area contributed by atoms with E-state index in [9.17, 15) is 0 Å². The number of rotatable bonds is 6. The molecule has 0 amide bonds. The Labute approximate surface area is 125 Å². The van der Waals surface area contributed by atoms with Crippen LogP contribution in [0.1, 0.15) is 47.8 Å². The van der Waals surface area contributed by atoms with Crippen LogP contribution in [0.2, 0.25) is 0 Å². The van der Waals surface area contributed by atoms with E-state index in [1.807, 2.05) is 11.3 Å². The van der Waals surface area contributed by atoms with Crippen LogP contribution < -0.4 is 5.32 Å². The molecule has 0 radical (unpaired) electrons. The number of aryl methyl sites for hydroxylation is 1. The molecule has 1 aliphatic rings. The van der Waals surface area contributed by atoms with Gasteiger partial charge in [0.05, 0.1) is 5.69 Å². The summed E-state index contributed by atoms with van der Waals surface area (Å²) in [5.41, 5.74) is 2.94. The molecule has 1 aromatic carbocycles. The van der Waals surface area contributed by atoms with Crippen molar-refractivity contribution in [1.82, 2.24) is 10.3 Å². The molecule has 2 aromatic rings. The van der Waals surface area contributed by atoms with Crippen LogP contribution in [0.3, 0.4) is 0 Å². The highest BCUT2D eigenvalue weighted by atomic mass is 32.1. The van der Waals surface area contributed by atoms with Crippen molar-refractivity contribution in [1.29, 1.82) is 0 Å². The monoisotopic (exact) mass is 286 g/mol. The van der Waals surface area contributed by atoms with Gasteiger partial charge in [0.25, 0.3) is 0 Å². The Morgan fingerprint density at radius 1 is 1.20 bits per heavy atom. The fourth-order valence-corrected chi connectivity index (χ4v) is 4.14. The molecule has 106 valence electrons. The predicted octanol–water partition coefficient (Wildman–Crippen LogP) is 3.89. The maximum atomic E-state index is 4.97. The third-order valence-electron chi connectivity index (χ3n) is 4.13. The van der Waals surface area contributed by atoms with Crippen LogP contribution in [0.5, 0.6) is 0 Å². The molecule has 0 aliphatic heterocycles. The Morgan fingerprint density at radius 2 is 1.95 bits per heavy atom. The lowest BCUT2D eigenvalue weighted by molar-refractivity contribution is 0.726. The summed E-state index contributed by atoms with van der Waals surface area (Å²) in [5.74, 6) is 0. The van der Waals surface area contributed by atoms with Crippen molar-refractivity contribution in [2.45, 2.75) is 45.1 Å². The van der Waals surface area contributed by atoms with Gasteiger partial charge < -0.3 is 5.32 Å². The molecule has 0 unspecified atom stereocenters. The molecule has 1 aliphatic carbocycles. The van der Waals surface area contributed by atoms with Crippen molar-refractivity contribution in [3.63, 3.8) is 0 Å². The smallest absolute Gasteiger partial charge is 0.104 e. The summed E-state index contributed by atoms with van der Waals surface area (Å²) in [6.07, 6.45) is 3.52. The summed E-state index contributed by atoms with van der Waals surface area (Å²) >= 11 is 1.91. The first kappa shape index (κ1) is 13.8. The van der Waals surface area contributed by atoms with Crippen LogP contribution in [0.4, 0.5) is 0 Å². The molecule has 0 bridgehead atoms. The van der Waals surface area contributed by atoms with Gasteiger partial charge in [-0.05, 0) is 31.4 Å². The van der Waals surface area contributed by atoms with Crippen LogP contribution in [-0.4, -0.2) is 11.5 Å². The van der Waals surface area contributed by atoms with E-state index in [1.54, 1.807) is 0 Å². The first-order valence-corrected chi connectivity index (χ1v) is 8.37. The number of benzene rings is 1. The third-order valence-corrected chi connectivity index (χ3v) is 5.44. The second-order valence-corrected chi connectivity index (χ2v) is 6.55. The van der Waals surface area contributed by atoms with Crippen molar-refractivity contribution < 1.29 is 0 Å². The largest absolute Gasteiger partial charge is 0.312 e. The van der Waals surface area contributed by atoms with E-state index in [4.69, 9.17) is 4.98 Å². The van der Waals surface area contributed by atoms with Crippen molar-refractivity contribution >= 4 is 11.3 Å². The highest BCUT2D eigenvalue weighted by molar-refractivity contribution is 7.12. The summed E-state index contributed by atoms with van der Waals surface area (Å²) in [6, 6.07) is 10.9. The Balaban J connectivity index is 1.92. The lowest BCUT2D eigenvalue weighted by Gasteiger charge is -2.12.